The second-order valence-electron chi connectivity index (χ2n) is 5.23. The molecule has 0 spiro atoms. The fourth-order valence-corrected chi connectivity index (χ4v) is 2.81. The van der Waals surface area contributed by atoms with E-state index in [1.807, 2.05) is 18.2 Å². The van der Waals surface area contributed by atoms with Crippen molar-refractivity contribution in [3.63, 3.8) is 0 Å². The second-order valence-corrected chi connectivity index (χ2v) is 5.23. The molecule has 0 fully saturated rings. The molecule has 3 heteroatoms. The lowest BCUT2D eigenvalue weighted by atomic mass is 10.1. The number of hydrogen-bond donors (Lipinski definition) is 0. The van der Waals surface area contributed by atoms with Gasteiger partial charge in [-0.2, -0.15) is 0 Å². The molecule has 20 heavy (non-hydrogen) atoms. The Morgan fingerprint density at radius 3 is 2.45 bits per heavy atom. The summed E-state index contributed by atoms with van der Waals surface area (Å²) in [5, 5.41) is 0. The molecular weight excluding hydrogens is 248 g/mol. The molecular formula is C17H18N2O. The SMILES string of the molecule is Cc1cc(C=O)ccc1N1CCN(C)c2ccccc21. The first-order valence-electron chi connectivity index (χ1n) is 6.84. The third-order valence-electron chi connectivity index (χ3n) is 3.89. The molecule has 0 bridgehead atoms. The molecule has 0 radical (unpaired) electrons. The van der Waals surface area contributed by atoms with Crippen LogP contribution >= 0.6 is 0 Å². The molecule has 0 aromatic heterocycles. The van der Waals surface area contributed by atoms with Gasteiger partial charge >= 0.3 is 0 Å². The predicted molar refractivity (Wildman–Crippen MR) is 83.3 cm³/mol. The van der Waals surface area contributed by atoms with Crippen LogP contribution in [0.25, 0.3) is 0 Å². The zero-order valence-electron chi connectivity index (χ0n) is 11.8. The van der Waals surface area contributed by atoms with Crippen molar-refractivity contribution in [1.29, 1.82) is 0 Å². The van der Waals surface area contributed by atoms with Gasteiger partial charge in [0.1, 0.15) is 6.29 Å². The molecule has 1 aliphatic rings. The summed E-state index contributed by atoms with van der Waals surface area (Å²) in [5.74, 6) is 0. The first-order chi connectivity index (χ1) is 9.70. The van der Waals surface area contributed by atoms with Crippen molar-refractivity contribution in [2.75, 3.05) is 29.9 Å². The average Bonchev–Trinajstić information content (AvgIpc) is 2.48. The minimum atomic E-state index is 0.730. The van der Waals surface area contributed by atoms with Gasteiger partial charge in [-0.1, -0.05) is 12.1 Å². The van der Waals surface area contributed by atoms with Crippen molar-refractivity contribution in [2.24, 2.45) is 0 Å². The number of rotatable bonds is 2. The molecule has 1 heterocycles. The van der Waals surface area contributed by atoms with Crippen LogP contribution in [0.5, 0.6) is 0 Å². The standard InChI is InChI=1S/C17H18N2O/c1-13-11-14(12-20)7-8-15(13)19-10-9-18(2)16-5-3-4-6-17(16)19/h3-8,11-12H,9-10H2,1-2H3. The largest absolute Gasteiger partial charge is 0.371 e. The molecule has 0 unspecified atom stereocenters. The lowest BCUT2D eigenvalue weighted by Crippen LogP contribution is -2.36. The van der Waals surface area contributed by atoms with Gasteiger partial charge in [-0.15, -0.1) is 0 Å². The van der Waals surface area contributed by atoms with E-state index in [0.717, 1.165) is 30.5 Å². The van der Waals surface area contributed by atoms with Crippen molar-refractivity contribution >= 4 is 23.3 Å². The first-order valence-corrected chi connectivity index (χ1v) is 6.84. The highest BCUT2D eigenvalue weighted by molar-refractivity contribution is 5.82. The summed E-state index contributed by atoms with van der Waals surface area (Å²) in [7, 11) is 2.12. The van der Waals surface area contributed by atoms with Gasteiger partial charge in [0.15, 0.2) is 0 Å². The van der Waals surface area contributed by atoms with Crippen LogP contribution in [0.3, 0.4) is 0 Å². The lowest BCUT2D eigenvalue weighted by Gasteiger charge is -2.37. The maximum atomic E-state index is 10.9. The van der Waals surface area contributed by atoms with Crippen molar-refractivity contribution in [3.8, 4) is 0 Å². The van der Waals surface area contributed by atoms with Crippen LogP contribution in [-0.4, -0.2) is 26.4 Å². The van der Waals surface area contributed by atoms with Crippen LogP contribution in [0, 0.1) is 6.92 Å². The molecule has 2 aromatic carbocycles. The van der Waals surface area contributed by atoms with Gasteiger partial charge in [0.2, 0.25) is 0 Å². The fourth-order valence-electron chi connectivity index (χ4n) is 2.81. The summed E-state index contributed by atoms with van der Waals surface area (Å²) < 4.78 is 0. The van der Waals surface area contributed by atoms with Crippen molar-refractivity contribution in [3.05, 3.63) is 53.6 Å². The summed E-state index contributed by atoms with van der Waals surface area (Å²) in [4.78, 5) is 15.5. The monoisotopic (exact) mass is 266 g/mol. The summed E-state index contributed by atoms with van der Waals surface area (Å²) >= 11 is 0. The summed E-state index contributed by atoms with van der Waals surface area (Å²) in [6.07, 6.45) is 0.898. The molecule has 1 aliphatic heterocycles. The van der Waals surface area contributed by atoms with E-state index >= 15 is 0 Å². The van der Waals surface area contributed by atoms with Gasteiger partial charge in [-0.3, -0.25) is 4.79 Å². The highest BCUT2D eigenvalue weighted by Crippen LogP contribution is 2.38. The van der Waals surface area contributed by atoms with E-state index in [4.69, 9.17) is 0 Å². The second kappa shape index (κ2) is 5.00. The molecule has 0 saturated heterocycles. The van der Waals surface area contributed by atoms with E-state index in [1.54, 1.807) is 0 Å². The Labute approximate surface area is 119 Å². The van der Waals surface area contributed by atoms with Crippen molar-refractivity contribution < 1.29 is 4.79 Å². The van der Waals surface area contributed by atoms with Gasteiger partial charge < -0.3 is 9.80 Å². The minimum Gasteiger partial charge on any atom is -0.371 e. The third kappa shape index (κ3) is 2.05. The molecule has 0 saturated carbocycles. The van der Waals surface area contributed by atoms with Crippen molar-refractivity contribution in [1.82, 2.24) is 0 Å². The average molecular weight is 266 g/mol. The fraction of sp³-hybridized carbons (Fsp3) is 0.235. The first kappa shape index (κ1) is 12.7. The Balaban J connectivity index is 2.08. The van der Waals surface area contributed by atoms with Gasteiger partial charge in [-0.05, 0) is 42.8 Å². The molecule has 3 nitrogen and oxygen atoms in total. The smallest absolute Gasteiger partial charge is 0.150 e. The van der Waals surface area contributed by atoms with E-state index in [0.29, 0.717) is 0 Å². The number of aryl methyl sites for hydroxylation is 1. The van der Waals surface area contributed by atoms with E-state index in [-0.39, 0.29) is 0 Å². The number of anilines is 3. The molecule has 0 atom stereocenters. The number of nitrogens with zero attached hydrogens (tertiary/aromatic N) is 2. The quantitative estimate of drug-likeness (QED) is 0.778. The molecule has 3 rings (SSSR count). The molecule has 0 N–H and O–H groups in total. The van der Waals surface area contributed by atoms with Crippen LogP contribution in [0.4, 0.5) is 17.1 Å². The number of benzene rings is 2. The number of hydrogen-bond acceptors (Lipinski definition) is 3. The van der Waals surface area contributed by atoms with Crippen LogP contribution in [0.1, 0.15) is 15.9 Å². The Kier molecular flexibility index (Phi) is 3.18. The van der Waals surface area contributed by atoms with E-state index in [1.165, 1.54) is 17.1 Å². The van der Waals surface area contributed by atoms with Crippen molar-refractivity contribution in [2.45, 2.75) is 6.92 Å². The molecule has 0 aliphatic carbocycles. The maximum absolute atomic E-state index is 10.9. The zero-order chi connectivity index (χ0) is 14.1. The maximum Gasteiger partial charge on any atom is 0.150 e. The van der Waals surface area contributed by atoms with E-state index in [9.17, 15) is 4.79 Å². The molecule has 0 amide bonds. The molecule has 102 valence electrons. The van der Waals surface area contributed by atoms with Gasteiger partial charge in [-0.25, -0.2) is 0 Å². The predicted octanol–water partition coefficient (Wildman–Crippen LogP) is 3.40. The summed E-state index contributed by atoms with van der Waals surface area (Å²) in [6.45, 7) is 4.00. The highest BCUT2D eigenvalue weighted by Gasteiger charge is 2.21. The lowest BCUT2D eigenvalue weighted by molar-refractivity contribution is 0.112. The minimum absolute atomic E-state index is 0.730. The topological polar surface area (TPSA) is 23.6 Å². The Morgan fingerprint density at radius 2 is 1.75 bits per heavy atom. The zero-order valence-corrected chi connectivity index (χ0v) is 11.8. The number of fused-ring (bicyclic) bond motifs is 1. The van der Waals surface area contributed by atoms with Crippen LogP contribution < -0.4 is 9.80 Å². The number of carbonyl (C=O) groups is 1. The van der Waals surface area contributed by atoms with Gasteiger partial charge in [0.05, 0.1) is 11.4 Å². The summed E-state index contributed by atoms with van der Waals surface area (Å²) in [5.41, 5.74) is 5.51. The molecule has 2 aromatic rings. The number of para-hydroxylation sites is 2. The third-order valence-corrected chi connectivity index (χ3v) is 3.89. The van der Waals surface area contributed by atoms with E-state index < -0.39 is 0 Å². The van der Waals surface area contributed by atoms with Gasteiger partial charge in [0.25, 0.3) is 0 Å². The number of aldehydes is 1. The normalized spacial score (nSPS) is 14.1. The Hall–Kier alpha value is -2.29. The van der Waals surface area contributed by atoms with Crippen LogP contribution in [0.2, 0.25) is 0 Å². The summed E-state index contributed by atoms with van der Waals surface area (Å²) in [6, 6.07) is 14.3. The van der Waals surface area contributed by atoms with Crippen LogP contribution in [0.15, 0.2) is 42.5 Å². The number of likely N-dealkylation sites (N-methyl/N-ethyl adjacent to an activating group) is 1. The van der Waals surface area contributed by atoms with E-state index in [2.05, 4.69) is 48.0 Å². The Morgan fingerprint density at radius 1 is 1.00 bits per heavy atom. The number of carbonyl (C=O) groups excluding carboxylic acids is 1. The van der Waals surface area contributed by atoms with Gasteiger partial charge in [0, 0.05) is 31.4 Å². The highest BCUT2D eigenvalue weighted by atomic mass is 16.1. The Bertz CT molecular complexity index is 651. The van der Waals surface area contributed by atoms with Crippen LogP contribution in [-0.2, 0) is 0 Å².